The molecule has 108 valence electrons. The average molecular weight is 333 g/mol. The van der Waals surface area contributed by atoms with Gasteiger partial charge in [0.2, 0.25) is 0 Å². The lowest BCUT2D eigenvalue weighted by Gasteiger charge is -2.03. The van der Waals surface area contributed by atoms with Gasteiger partial charge in [-0.05, 0) is 12.0 Å². The van der Waals surface area contributed by atoms with Crippen molar-refractivity contribution < 1.29 is 8.42 Å². The molecule has 0 amide bonds. The fraction of sp³-hybridized carbons (Fsp3) is 0.308. The minimum atomic E-state index is -3.90. The van der Waals surface area contributed by atoms with E-state index in [0.717, 1.165) is 12.0 Å². The van der Waals surface area contributed by atoms with E-state index in [1.165, 1.54) is 4.68 Å². The van der Waals surface area contributed by atoms with Crippen molar-refractivity contribution in [1.29, 1.82) is 0 Å². The van der Waals surface area contributed by atoms with Crippen LogP contribution in [0.2, 0.25) is 5.15 Å². The number of hydrogen-bond acceptors (Lipinski definition) is 3. The van der Waals surface area contributed by atoms with Gasteiger partial charge >= 0.3 is 0 Å². The van der Waals surface area contributed by atoms with Gasteiger partial charge in [0.25, 0.3) is 9.05 Å². The summed E-state index contributed by atoms with van der Waals surface area (Å²) in [5, 5.41) is 4.34. The van der Waals surface area contributed by atoms with Crippen molar-refractivity contribution in [2.75, 3.05) is 0 Å². The topological polar surface area (TPSA) is 52.0 Å². The van der Waals surface area contributed by atoms with Crippen LogP contribution in [-0.2, 0) is 22.0 Å². The number of aryl methyl sites for hydroxylation is 1. The standard InChI is InChI=1S/C13H14Cl2N2O2S/c1-2-6-11-12(20(15,18)19)13(14)17(16-11)9-10-7-4-3-5-8-10/h3-5,7-8H,2,6,9H2,1H3. The summed E-state index contributed by atoms with van der Waals surface area (Å²) in [6.07, 6.45) is 1.28. The molecule has 0 fully saturated rings. The molecule has 0 aliphatic rings. The van der Waals surface area contributed by atoms with Gasteiger partial charge in [0.1, 0.15) is 10.0 Å². The molecule has 0 unspecified atom stereocenters. The summed E-state index contributed by atoms with van der Waals surface area (Å²) in [4.78, 5) is -0.0707. The van der Waals surface area contributed by atoms with E-state index in [1.807, 2.05) is 37.3 Å². The minimum Gasteiger partial charge on any atom is -0.248 e. The van der Waals surface area contributed by atoms with Gasteiger partial charge in [-0.2, -0.15) is 5.10 Å². The monoisotopic (exact) mass is 332 g/mol. The van der Waals surface area contributed by atoms with Gasteiger partial charge in [-0.25, -0.2) is 13.1 Å². The van der Waals surface area contributed by atoms with E-state index in [1.54, 1.807) is 0 Å². The van der Waals surface area contributed by atoms with Crippen LogP contribution in [-0.4, -0.2) is 18.2 Å². The maximum Gasteiger partial charge on any atom is 0.266 e. The number of aromatic nitrogens is 2. The zero-order valence-corrected chi connectivity index (χ0v) is 13.2. The van der Waals surface area contributed by atoms with Crippen molar-refractivity contribution in [3.05, 3.63) is 46.7 Å². The zero-order valence-electron chi connectivity index (χ0n) is 10.9. The molecular formula is C13H14Cl2N2O2S. The second-order valence-corrected chi connectivity index (χ2v) is 7.26. The van der Waals surface area contributed by atoms with Crippen molar-refractivity contribution in [3.8, 4) is 0 Å². The Morgan fingerprint density at radius 3 is 2.45 bits per heavy atom. The smallest absolute Gasteiger partial charge is 0.248 e. The highest BCUT2D eigenvalue weighted by Crippen LogP contribution is 2.29. The zero-order chi connectivity index (χ0) is 14.8. The van der Waals surface area contributed by atoms with Crippen molar-refractivity contribution >= 4 is 31.3 Å². The fourth-order valence-electron chi connectivity index (χ4n) is 1.97. The summed E-state index contributed by atoms with van der Waals surface area (Å²) in [5.74, 6) is 0. The molecule has 7 heteroatoms. The molecule has 0 atom stereocenters. The molecule has 0 saturated heterocycles. The molecule has 20 heavy (non-hydrogen) atoms. The highest BCUT2D eigenvalue weighted by Gasteiger charge is 2.25. The first-order valence-corrected chi connectivity index (χ1v) is 8.86. The van der Waals surface area contributed by atoms with Gasteiger partial charge in [0.15, 0.2) is 0 Å². The van der Waals surface area contributed by atoms with E-state index in [-0.39, 0.29) is 10.0 Å². The fourth-order valence-corrected chi connectivity index (χ4v) is 3.82. The number of rotatable bonds is 5. The molecule has 1 aromatic heterocycles. The second kappa shape index (κ2) is 6.16. The Morgan fingerprint density at radius 1 is 1.25 bits per heavy atom. The number of halogens is 2. The lowest BCUT2D eigenvalue weighted by molar-refractivity contribution is 0.608. The van der Waals surface area contributed by atoms with Crippen LogP contribution < -0.4 is 0 Å². The predicted octanol–water partition coefficient (Wildman–Crippen LogP) is 3.46. The van der Waals surface area contributed by atoms with Crippen LogP contribution >= 0.6 is 22.3 Å². The first kappa shape index (κ1) is 15.4. The summed E-state index contributed by atoms with van der Waals surface area (Å²) >= 11 is 6.14. The maximum absolute atomic E-state index is 11.6. The molecule has 4 nitrogen and oxygen atoms in total. The molecule has 2 rings (SSSR count). The summed E-state index contributed by atoms with van der Waals surface area (Å²) in [5.41, 5.74) is 1.40. The lowest BCUT2D eigenvalue weighted by Crippen LogP contribution is -2.02. The van der Waals surface area contributed by atoms with Gasteiger partial charge in [-0.3, -0.25) is 0 Å². The molecule has 1 heterocycles. The summed E-state index contributed by atoms with van der Waals surface area (Å²) in [6, 6.07) is 9.56. The minimum absolute atomic E-state index is 0.0623. The van der Waals surface area contributed by atoms with Crippen molar-refractivity contribution in [2.24, 2.45) is 0 Å². The maximum atomic E-state index is 11.6. The number of benzene rings is 1. The Morgan fingerprint density at radius 2 is 1.90 bits per heavy atom. The van der Waals surface area contributed by atoms with Crippen LogP contribution in [0.5, 0.6) is 0 Å². The molecule has 0 aliphatic heterocycles. The van der Waals surface area contributed by atoms with E-state index in [0.29, 0.717) is 18.7 Å². The summed E-state index contributed by atoms with van der Waals surface area (Å²) < 4.78 is 24.8. The lowest BCUT2D eigenvalue weighted by atomic mass is 10.2. The van der Waals surface area contributed by atoms with E-state index >= 15 is 0 Å². The number of nitrogens with zero attached hydrogens (tertiary/aromatic N) is 2. The highest BCUT2D eigenvalue weighted by molar-refractivity contribution is 8.13. The normalized spacial score (nSPS) is 11.8. The molecule has 0 saturated carbocycles. The van der Waals surface area contributed by atoms with Gasteiger partial charge in [0, 0.05) is 10.7 Å². The molecule has 0 aliphatic carbocycles. The van der Waals surface area contributed by atoms with Crippen LogP contribution in [0.4, 0.5) is 0 Å². The van der Waals surface area contributed by atoms with Crippen molar-refractivity contribution in [3.63, 3.8) is 0 Å². The third-order valence-corrected chi connectivity index (χ3v) is 4.70. The molecule has 1 aromatic carbocycles. The molecular weight excluding hydrogens is 319 g/mol. The van der Waals surface area contributed by atoms with Crippen LogP contribution in [0, 0.1) is 0 Å². The third kappa shape index (κ3) is 3.34. The van der Waals surface area contributed by atoms with Crippen LogP contribution in [0.25, 0.3) is 0 Å². The van der Waals surface area contributed by atoms with Crippen LogP contribution in [0.3, 0.4) is 0 Å². The van der Waals surface area contributed by atoms with Gasteiger partial charge in [0.05, 0.1) is 12.2 Å². The summed E-state index contributed by atoms with van der Waals surface area (Å²) in [6.45, 7) is 2.34. The Kier molecular flexibility index (Phi) is 4.73. The SMILES string of the molecule is CCCc1nn(Cc2ccccc2)c(Cl)c1S(=O)(=O)Cl. The third-order valence-electron chi connectivity index (χ3n) is 2.82. The van der Waals surface area contributed by atoms with E-state index < -0.39 is 9.05 Å². The first-order valence-electron chi connectivity index (χ1n) is 6.17. The van der Waals surface area contributed by atoms with Crippen LogP contribution in [0.15, 0.2) is 35.2 Å². The average Bonchev–Trinajstić information content (AvgIpc) is 2.67. The van der Waals surface area contributed by atoms with Crippen LogP contribution in [0.1, 0.15) is 24.6 Å². The molecule has 0 bridgehead atoms. The summed E-state index contributed by atoms with van der Waals surface area (Å²) in [7, 11) is 1.55. The van der Waals surface area contributed by atoms with Crippen molar-refractivity contribution in [2.45, 2.75) is 31.2 Å². The highest BCUT2D eigenvalue weighted by atomic mass is 35.7. The Balaban J connectivity index is 2.45. The second-order valence-electron chi connectivity index (χ2n) is 4.40. The van der Waals surface area contributed by atoms with E-state index in [2.05, 4.69) is 5.10 Å². The first-order chi connectivity index (χ1) is 9.43. The molecule has 0 radical (unpaired) electrons. The predicted molar refractivity (Wildman–Crippen MR) is 79.8 cm³/mol. The Bertz CT molecular complexity index is 697. The largest absolute Gasteiger partial charge is 0.266 e. The quantitative estimate of drug-likeness (QED) is 0.788. The molecule has 0 spiro atoms. The Labute approximate surface area is 127 Å². The molecule has 0 N–H and O–H groups in total. The van der Waals surface area contributed by atoms with Gasteiger partial charge < -0.3 is 0 Å². The Hall–Kier alpha value is -1.04. The van der Waals surface area contributed by atoms with E-state index in [4.69, 9.17) is 22.3 Å². The molecule has 2 aromatic rings. The van der Waals surface area contributed by atoms with Gasteiger partial charge in [-0.15, -0.1) is 0 Å². The van der Waals surface area contributed by atoms with Crippen molar-refractivity contribution in [1.82, 2.24) is 9.78 Å². The van der Waals surface area contributed by atoms with Gasteiger partial charge in [-0.1, -0.05) is 55.3 Å². The number of hydrogen-bond donors (Lipinski definition) is 0. The van der Waals surface area contributed by atoms with E-state index in [9.17, 15) is 8.42 Å².